The molecule has 0 aromatic carbocycles. The van der Waals surface area contributed by atoms with Crippen LogP contribution < -0.4 is 0 Å². The molecule has 0 heterocycles. The summed E-state index contributed by atoms with van der Waals surface area (Å²) in [4.78, 5) is 3.74. The van der Waals surface area contributed by atoms with Crippen LogP contribution in [0.4, 0.5) is 0 Å². The second kappa shape index (κ2) is 3.59. The molecular formula is C6H11N. The molecule has 0 saturated carbocycles. The molecule has 1 atom stereocenters. The highest BCUT2D eigenvalue weighted by molar-refractivity contribution is 5.25. The van der Waals surface area contributed by atoms with Crippen molar-refractivity contribution < 1.29 is 0 Å². The van der Waals surface area contributed by atoms with E-state index in [0.717, 1.165) is 0 Å². The lowest BCUT2D eigenvalue weighted by atomic mass is 10.3. The number of hydrogen-bond acceptors (Lipinski definition) is 1. The first-order chi connectivity index (χ1) is 3.31. The summed E-state index contributed by atoms with van der Waals surface area (Å²) in [5.74, 6) is 0. The van der Waals surface area contributed by atoms with Crippen LogP contribution in [0.15, 0.2) is 17.1 Å². The van der Waals surface area contributed by atoms with Gasteiger partial charge in [0, 0.05) is 0 Å². The van der Waals surface area contributed by atoms with Crippen molar-refractivity contribution in [3.63, 3.8) is 0 Å². The molecule has 0 bridgehead atoms. The zero-order valence-corrected chi connectivity index (χ0v) is 4.89. The number of allylic oxidation sites excluding steroid dienone is 1. The van der Waals surface area contributed by atoms with Crippen LogP contribution in [0.3, 0.4) is 0 Å². The Bertz CT molecular complexity index is 74.2. The van der Waals surface area contributed by atoms with Crippen LogP contribution in [0.1, 0.15) is 13.8 Å². The molecular weight excluding hydrogens is 86.1 g/mol. The smallest absolute Gasteiger partial charge is 0.0644 e. The first-order valence-electron chi connectivity index (χ1n) is 2.40. The van der Waals surface area contributed by atoms with E-state index in [1.807, 2.05) is 26.0 Å². The minimum atomic E-state index is 0.282. The fraction of sp³-hybridized carbons (Fsp3) is 0.500. The van der Waals surface area contributed by atoms with Crippen molar-refractivity contribution in [3.05, 3.63) is 12.2 Å². The Kier molecular flexibility index (Phi) is 3.29. The van der Waals surface area contributed by atoms with Crippen molar-refractivity contribution in [1.29, 1.82) is 0 Å². The molecule has 1 unspecified atom stereocenters. The average molecular weight is 97.2 g/mol. The average Bonchev–Trinajstić information content (AvgIpc) is 1.68. The quantitative estimate of drug-likeness (QED) is 0.367. The molecule has 0 aliphatic heterocycles. The van der Waals surface area contributed by atoms with Crippen LogP contribution in [-0.4, -0.2) is 12.8 Å². The second-order valence-electron chi connectivity index (χ2n) is 1.45. The summed E-state index contributed by atoms with van der Waals surface area (Å²) >= 11 is 0. The topological polar surface area (TPSA) is 12.4 Å². The summed E-state index contributed by atoms with van der Waals surface area (Å²) in [6.07, 6.45) is 3.96. The highest BCUT2D eigenvalue weighted by Gasteiger charge is 1.81. The van der Waals surface area contributed by atoms with Gasteiger partial charge in [-0.15, -0.1) is 0 Å². The van der Waals surface area contributed by atoms with Crippen LogP contribution >= 0.6 is 0 Å². The third-order valence-electron chi connectivity index (χ3n) is 0.759. The lowest BCUT2D eigenvalue weighted by Crippen LogP contribution is -1.87. The maximum absolute atomic E-state index is 3.74. The normalized spacial score (nSPS) is 14.6. The van der Waals surface area contributed by atoms with Crippen molar-refractivity contribution >= 4 is 6.72 Å². The Hall–Kier alpha value is -0.590. The van der Waals surface area contributed by atoms with Crippen LogP contribution in [-0.2, 0) is 0 Å². The van der Waals surface area contributed by atoms with Gasteiger partial charge in [0.2, 0.25) is 0 Å². The fourth-order valence-electron chi connectivity index (χ4n) is 0.339. The number of nitrogens with zero attached hydrogens (tertiary/aromatic N) is 1. The molecule has 0 amide bonds. The largest absolute Gasteiger partial charge is 0.294 e. The van der Waals surface area contributed by atoms with Crippen LogP contribution in [0, 0.1) is 0 Å². The van der Waals surface area contributed by atoms with E-state index in [4.69, 9.17) is 0 Å². The molecule has 0 rings (SSSR count). The van der Waals surface area contributed by atoms with Crippen molar-refractivity contribution in [3.8, 4) is 0 Å². The van der Waals surface area contributed by atoms with E-state index in [1.165, 1.54) is 0 Å². The molecule has 0 fully saturated rings. The molecule has 0 aromatic rings. The minimum absolute atomic E-state index is 0.282. The van der Waals surface area contributed by atoms with E-state index in [2.05, 4.69) is 11.7 Å². The van der Waals surface area contributed by atoms with Gasteiger partial charge in [0.05, 0.1) is 6.04 Å². The highest BCUT2D eigenvalue weighted by Crippen LogP contribution is 1.86. The molecule has 0 radical (unpaired) electrons. The summed E-state index contributed by atoms with van der Waals surface area (Å²) in [5, 5.41) is 0. The zero-order valence-electron chi connectivity index (χ0n) is 4.89. The van der Waals surface area contributed by atoms with E-state index in [9.17, 15) is 0 Å². The first kappa shape index (κ1) is 6.41. The van der Waals surface area contributed by atoms with Gasteiger partial charge in [-0.2, -0.15) is 0 Å². The third kappa shape index (κ3) is 3.23. The Labute approximate surface area is 44.8 Å². The molecule has 7 heavy (non-hydrogen) atoms. The van der Waals surface area contributed by atoms with Crippen molar-refractivity contribution in [2.45, 2.75) is 19.9 Å². The van der Waals surface area contributed by atoms with Crippen molar-refractivity contribution in [2.24, 2.45) is 4.99 Å². The maximum atomic E-state index is 3.74. The van der Waals surface area contributed by atoms with E-state index < -0.39 is 0 Å². The molecule has 0 saturated heterocycles. The Morgan fingerprint density at radius 3 is 2.43 bits per heavy atom. The molecule has 1 heteroatoms. The van der Waals surface area contributed by atoms with Crippen LogP contribution in [0.2, 0.25) is 0 Å². The number of hydrogen-bond donors (Lipinski definition) is 0. The second-order valence-corrected chi connectivity index (χ2v) is 1.45. The van der Waals surface area contributed by atoms with Gasteiger partial charge in [-0.05, 0) is 20.6 Å². The number of aliphatic imine (C=N–C) groups is 1. The van der Waals surface area contributed by atoms with Gasteiger partial charge in [0.25, 0.3) is 0 Å². The Balaban J connectivity index is 3.35. The van der Waals surface area contributed by atoms with Gasteiger partial charge in [-0.3, -0.25) is 4.99 Å². The first-order valence-corrected chi connectivity index (χ1v) is 2.40. The van der Waals surface area contributed by atoms with E-state index in [-0.39, 0.29) is 6.04 Å². The third-order valence-corrected chi connectivity index (χ3v) is 0.759. The SMILES string of the molecule is C=NC(C)/C=C/C. The molecule has 0 aromatic heterocycles. The standard InChI is InChI=1S/C6H11N/c1-4-5-6(2)7-3/h4-6H,3H2,1-2H3/b5-4+. The van der Waals surface area contributed by atoms with E-state index >= 15 is 0 Å². The van der Waals surface area contributed by atoms with Crippen molar-refractivity contribution in [1.82, 2.24) is 0 Å². The molecule has 0 spiro atoms. The molecule has 40 valence electrons. The molecule has 0 N–H and O–H groups in total. The molecule has 1 nitrogen and oxygen atoms in total. The van der Waals surface area contributed by atoms with E-state index in [1.54, 1.807) is 0 Å². The summed E-state index contributed by atoms with van der Waals surface area (Å²) < 4.78 is 0. The number of rotatable bonds is 2. The highest BCUT2D eigenvalue weighted by atomic mass is 14.7. The van der Waals surface area contributed by atoms with Crippen molar-refractivity contribution in [2.75, 3.05) is 0 Å². The van der Waals surface area contributed by atoms with Gasteiger partial charge >= 0.3 is 0 Å². The monoisotopic (exact) mass is 97.1 g/mol. The summed E-state index contributed by atoms with van der Waals surface area (Å²) in [5.41, 5.74) is 0. The summed E-state index contributed by atoms with van der Waals surface area (Å²) in [6.45, 7) is 7.34. The predicted octanol–water partition coefficient (Wildman–Crippen LogP) is 1.65. The predicted molar refractivity (Wildman–Crippen MR) is 33.8 cm³/mol. The maximum Gasteiger partial charge on any atom is 0.0644 e. The lowest BCUT2D eigenvalue weighted by molar-refractivity contribution is 0.935. The Morgan fingerprint density at radius 1 is 1.71 bits per heavy atom. The molecule has 0 aliphatic rings. The van der Waals surface area contributed by atoms with Gasteiger partial charge in [-0.1, -0.05) is 12.2 Å². The summed E-state index contributed by atoms with van der Waals surface area (Å²) in [6, 6.07) is 0.282. The molecule has 0 aliphatic carbocycles. The Morgan fingerprint density at radius 2 is 2.29 bits per heavy atom. The van der Waals surface area contributed by atoms with Crippen LogP contribution in [0.5, 0.6) is 0 Å². The zero-order chi connectivity index (χ0) is 5.70. The lowest BCUT2D eigenvalue weighted by Gasteiger charge is -1.90. The summed E-state index contributed by atoms with van der Waals surface area (Å²) in [7, 11) is 0. The van der Waals surface area contributed by atoms with Gasteiger partial charge < -0.3 is 0 Å². The minimum Gasteiger partial charge on any atom is -0.294 e. The van der Waals surface area contributed by atoms with Gasteiger partial charge in [0.15, 0.2) is 0 Å². The van der Waals surface area contributed by atoms with E-state index in [0.29, 0.717) is 0 Å². The fourth-order valence-corrected chi connectivity index (χ4v) is 0.339. The van der Waals surface area contributed by atoms with Crippen LogP contribution in [0.25, 0.3) is 0 Å². The van der Waals surface area contributed by atoms with Gasteiger partial charge in [0.1, 0.15) is 0 Å². The van der Waals surface area contributed by atoms with Gasteiger partial charge in [-0.25, -0.2) is 0 Å².